The normalized spacial score (nSPS) is 8.50. The van der Waals surface area contributed by atoms with Crippen LogP contribution < -0.4 is 0 Å². The first kappa shape index (κ1) is 15.4. The third kappa shape index (κ3) is 17.1. The van der Waals surface area contributed by atoms with E-state index in [0.29, 0.717) is 6.42 Å². The summed E-state index contributed by atoms with van der Waals surface area (Å²) in [5.41, 5.74) is 0. The van der Waals surface area contributed by atoms with Crippen LogP contribution in [0.2, 0.25) is 0 Å². The van der Waals surface area contributed by atoms with Gasteiger partial charge in [-0.15, -0.1) is 0 Å². The molecule has 0 aromatic rings. The van der Waals surface area contributed by atoms with Crippen LogP contribution in [0.25, 0.3) is 0 Å². The van der Waals surface area contributed by atoms with Gasteiger partial charge in [-0.25, -0.2) is 0 Å². The van der Waals surface area contributed by atoms with Gasteiger partial charge in [0.2, 0.25) is 0 Å². The molecule has 5 heteroatoms. The standard InChI is InChI=1S/C6H12O3.C3H6O2/c1-2-3-6(8)9-5-4-7;1-2-3(4)5/h7H,2-5H2,1H3;2H2,1H3,(H,4,5). The molecule has 84 valence electrons. The van der Waals surface area contributed by atoms with Crippen LogP contribution in [0.5, 0.6) is 0 Å². The lowest BCUT2D eigenvalue weighted by molar-refractivity contribution is -0.144. The SMILES string of the molecule is CCC(=O)O.CCCC(=O)OCCO. The Hall–Kier alpha value is -1.10. The van der Waals surface area contributed by atoms with Gasteiger partial charge in [0.15, 0.2) is 0 Å². The van der Waals surface area contributed by atoms with Gasteiger partial charge < -0.3 is 14.9 Å². The Morgan fingerprint density at radius 3 is 2.07 bits per heavy atom. The Morgan fingerprint density at radius 1 is 1.29 bits per heavy atom. The molecule has 0 rings (SSSR count). The van der Waals surface area contributed by atoms with E-state index in [1.165, 1.54) is 0 Å². The lowest BCUT2D eigenvalue weighted by atomic mass is 10.3. The highest BCUT2D eigenvalue weighted by atomic mass is 16.5. The number of rotatable bonds is 5. The van der Waals surface area contributed by atoms with Gasteiger partial charge in [-0.3, -0.25) is 9.59 Å². The summed E-state index contributed by atoms with van der Waals surface area (Å²) < 4.78 is 4.54. The fourth-order valence-corrected chi connectivity index (χ4v) is 0.436. The molecule has 0 heterocycles. The number of ether oxygens (including phenoxy) is 1. The highest BCUT2D eigenvalue weighted by Gasteiger charge is 1.97. The van der Waals surface area contributed by atoms with Crippen LogP contribution in [-0.2, 0) is 14.3 Å². The Labute approximate surface area is 83.7 Å². The number of esters is 1. The van der Waals surface area contributed by atoms with E-state index in [-0.39, 0.29) is 25.6 Å². The molecule has 0 saturated heterocycles. The van der Waals surface area contributed by atoms with Crippen molar-refractivity contribution in [1.29, 1.82) is 0 Å². The molecule has 0 radical (unpaired) electrons. The van der Waals surface area contributed by atoms with Crippen molar-refractivity contribution >= 4 is 11.9 Å². The lowest BCUT2D eigenvalue weighted by Gasteiger charge is -1.98. The fraction of sp³-hybridized carbons (Fsp3) is 0.778. The van der Waals surface area contributed by atoms with Gasteiger partial charge >= 0.3 is 11.9 Å². The largest absolute Gasteiger partial charge is 0.481 e. The van der Waals surface area contributed by atoms with E-state index >= 15 is 0 Å². The Balaban J connectivity index is 0. The van der Waals surface area contributed by atoms with E-state index in [9.17, 15) is 9.59 Å². The molecule has 0 aliphatic rings. The van der Waals surface area contributed by atoms with Crippen LogP contribution in [0.3, 0.4) is 0 Å². The molecular weight excluding hydrogens is 188 g/mol. The zero-order chi connectivity index (χ0) is 11.4. The topological polar surface area (TPSA) is 83.8 Å². The van der Waals surface area contributed by atoms with Gasteiger partial charge in [0.1, 0.15) is 6.61 Å². The van der Waals surface area contributed by atoms with Crippen molar-refractivity contribution in [2.45, 2.75) is 33.1 Å². The number of carboxylic acids is 1. The molecule has 0 fully saturated rings. The number of hydrogen-bond donors (Lipinski definition) is 2. The molecule has 0 unspecified atom stereocenters. The molecule has 0 saturated carbocycles. The van der Waals surface area contributed by atoms with Crippen LogP contribution in [0.4, 0.5) is 0 Å². The van der Waals surface area contributed by atoms with E-state index in [1.807, 2.05) is 6.92 Å². The van der Waals surface area contributed by atoms with Crippen LogP contribution >= 0.6 is 0 Å². The number of aliphatic carboxylic acids is 1. The molecule has 0 aliphatic carbocycles. The van der Waals surface area contributed by atoms with Gasteiger partial charge in [-0.05, 0) is 6.42 Å². The Bertz CT molecular complexity index is 155. The van der Waals surface area contributed by atoms with Crippen molar-refractivity contribution in [3.8, 4) is 0 Å². The van der Waals surface area contributed by atoms with Crippen molar-refractivity contribution < 1.29 is 24.5 Å². The Kier molecular flexibility index (Phi) is 13.1. The molecule has 14 heavy (non-hydrogen) atoms. The molecule has 0 aromatic carbocycles. The third-order valence-corrected chi connectivity index (χ3v) is 1.11. The van der Waals surface area contributed by atoms with Gasteiger partial charge in [0.05, 0.1) is 6.61 Å². The molecule has 0 spiro atoms. The summed E-state index contributed by atoms with van der Waals surface area (Å²) in [6.45, 7) is 3.54. The van der Waals surface area contributed by atoms with Crippen LogP contribution in [0.1, 0.15) is 33.1 Å². The van der Waals surface area contributed by atoms with Crippen LogP contribution in [0.15, 0.2) is 0 Å². The minimum absolute atomic E-state index is 0.0878. The van der Waals surface area contributed by atoms with Crippen LogP contribution in [0, 0.1) is 0 Å². The number of carbonyl (C=O) groups is 2. The van der Waals surface area contributed by atoms with Gasteiger partial charge in [0, 0.05) is 12.8 Å². The second-order valence-corrected chi connectivity index (χ2v) is 2.44. The van der Waals surface area contributed by atoms with Gasteiger partial charge in [-0.2, -0.15) is 0 Å². The third-order valence-electron chi connectivity index (χ3n) is 1.11. The quantitative estimate of drug-likeness (QED) is 0.650. The summed E-state index contributed by atoms with van der Waals surface area (Å²) >= 11 is 0. The molecule has 0 atom stereocenters. The van der Waals surface area contributed by atoms with Crippen molar-refractivity contribution in [3.05, 3.63) is 0 Å². The molecule has 0 bridgehead atoms. The Morgan fingerprint density at radius 2 is 1.79 bits per heavy atom. The summed E-state index contributed by atoms with van der Waals surface area (Å²) in [5, 5.41) is 15.9. The molecule has 0 amide bonds. The monoisotopic (exact) mass is 206 g/mol. The first-order valence-electron chi connectivity index (χ1n) is 4.56. The highest BCUT2D eigenvalue weighted by Crippen LogP contribution is 1.89. The fourth-order valence-electron chi connectivity index (χ4n) is 0.436. The molecule has 5 nitrogen and oxygen atoms in total. The number of aliphatic hydroxyl groups excluding tert-OH is 1. The van der Waals surface area contributed by atoms with E-state index in [1.54, 1.807) is 6.92 Å². The summed E-state index contributed by atoms with van der Waals surface area (Å²) in [6.07, 6.45) is 1.46. The van der Waals surface area contributed by atoms with E-state index in [0.717, 1.165) is 6.42 Å². The molecule has 2 N–H and O–H groups in total. The molecule has 0 aromatic heterocycles. The van der Waals surface area contributed by atoms with E-state index < -0.39 is 5.97 Å². The zero-order valence-corrected chi connectivity index (χ0v) is 8.65. The van der Waals surface area contributed by atoms with Crippen molar-refractivity contribution in [1.82, 2.24) is 0 Å². The summed E-state index contributed by atoms with van der Waals surface area (Å²) in [7, 11) is 0. The highest BCUT2D eigenvalue weighted by molar-refractivity contribution is 5.69. The number of hydrogen-bond acceptors (Lipinski definition) is 4. The molecule has 0 aliphatic heterocycles. The maximum absolute atomic E-state index is 10.5. The molecular formula is C9H18O5. The summed E-state index contributed by atoms with van der Waals surface area (Å²) in [6, 6.07) is 0. The minimum atomic E-state index is -0.745. The lowest BCUT2D eigenvalue weighted by Crippen LogP contribution is -2.07. The smallest absolute Gasteiger partial charge is 0.305 e. The summed E-state index contributed by atoms with van der Waals surface area (Å²) in [4.78, 5) is 19.8. The van der Waals surface area contributed by atoms with E-state index in [2.05, 4.69) is 4.74 Å². The van der Waals surface area contributed by atoms with Gasteiger partial charge in [-0.1, -0.05) is 13.8 Å². The predicted octanol–water partition coefficient (Wildman–Crippen LogP) is 0.803. The van der Waals surface area contributed by atoms with Crippen LogP contribution in [-0.4, -0.2) is 35.4 Å². The predicted molar refractivity (Wildman–Crippen MR) is 50.9 cm³/mol. The average molecular weight is 206 g/mol. The first-order chi connectivity index (χ1) is 6.58. The van der Waals surface area contributed by atoms with Gasteiger partial charge in [0.25, 0.3) is 0 Å². The zero-order valence-electron chi connectivity index (χ0n) is 8.65. The summed E-state index contributed by atoms with van der Waals surface area (Å²) in [5.74, 6) is -0.975. The second kappa shape index (κ2) is 11.9. The maximum Gasteiger partial charge on any atom is 0.305 e. The minimum Gasteiger partial charge on any atom is -0.481 e. The average Bonchev–Trinajstić information content (AvgIpc) is 2.16. The van der Waals surface area contributed by atoms with E-state index in [4.69, 9.17) is 10.2 Å². The van der Waals surface area contributed by atoms with Crippen molar-refractivity contribution in [2.24, 2.45) is 0 Å². The van der Waals surface area contributed by atoms with Crippen molar-refractivity contribution in [3.63, 3.8) is 0 Å². The van der Waals surface area contributed by atoms with Crippen molar-refractivity contribution in [2.75, 3.05) is 13.2 Å². The maximum atomic E-state index is 10.5. The first-order valence-corrected chi connectivity index (χ1v) is 4.56. The number of carboxylic acid groups (broad SMARTS) is 1. The number of carbonyl (C=O) groups excluding carboxylic acids is 1. The second-order valence-electron chi connectivity index (χ2n) is 2.44. The number of aliphatic hydroxyl groups is 1.